The second kappa shape index (κ2) is 5.42. The summed E-state index contributed by atoms with van der Waals surface area (Å²) in [6.07, 6.45) is 2.09. The maximum Gasteiger partial charge on any atom is 0.137 e. The van der Waals surface area contributed by atoms with E-state index in [0.29, 0.717) is 12.4 Å². The number of halogens is 1. The van der Waals surface area contributed by atoms with Crippen molar-refractivity contribution in [3.63, 3.8) is 0 Å². The van der Waals surface area contributed by atoms with Gasteiger partial charge >= 0.3 is 0 Å². The average molecular weight is 255 g/mol. The normalized spacial score (nSPS) is 19.2. The van der Waals surface area contributed by atoms with Gasteiger partial charge in [-0.25, -0.2) is 4.39 Å². The molecule has 17 heavy (non-hydrogen) atoms. The largest absolute Gasteiger partial charge is 0.490 e. The molecule has 92 valence electrons. The molecule has 1 atom stereocenters. The smallest absolute Gasteiger partial charge is 0.137 e. The van der Waals surface area contributed by atoms with Gasteiger partial charge in [-0.2, -0.15) is 0 Å². The Balaban J connectivity index is 2.09. The van der Waals surface area contributed by atoms with Gasteiger partial charge < -0.3 is 15.2 Å². The van der Waals surface area contributed by atoms with Crippen LogP contribution in [-0.4, -0.2) is 24.3 Å². The summed E-state index contributed by atoms with van der Waals surface area (Å²) in [6.45, 7) is 1.17. The predicted molar refractivity (Wildman–Crippen MR) is 66.8 cm³/mol. The summed E-state index contributed by atoms with van der Waals surface area (Å²) in [5.74, 6) is -0.0738. The standard InChI is InChI=1S/C12H14FNO2S/c13-9-4-1-5-10(11(9)12(14)17)16-7-8-3-2-6-15-8/h1,4-5,8H,2-3,6-7H2,(H2,14,17). The van der Waals surface area contributed by atoms with E-state index in [4.69, 9.17) is 27.4 Å². The maximum absolute atomic E-state index is 13.5. The molecule has 1 aromatic carbocycles. The number of hydrogen-bond donors (Lipinski definition) is 1. The van der Waals surface area contributed by atoms with Gasteiger partial charge in [0, 0.05) is 6.61 Å². The molecule has 0 bridgehead atoms. The fourth-order valence-corrected chi connectivity index (χ4v) is 2.02. The molecule has 5 heteroatoms. The van der Waals surface area contributed by atoms with Crippen molar-refractivity contribution < 1.29 is 13.9 Å². The third-order valence-electron chi connectivity index (χ3n) is 2.67. The van der Waals surface area contributed by atoms with Crippen LogP contribution >= 0.6 is 12.2 Å². The van der Waals surface area contributed by atoms with Gasteiger partial charge in [-0.1, -0.05) is 18.3 Å². The second-order valence-corrected chi connectivity index (χ2v) is 4.36. The highest BCUT2D eigenvalue weighted by molar-refractivity contribution is 7.80. The van der Waals surface area contributed by atoms with E-state index in [1.807, 2.05) is 0 Å². The van der Waals surface area contributed by atoms with E-state index in [2.05, 4.69) is 0 Å². The Hall–Kier alpha value is -1.20. The molecule has 0 radical (unpaired) electrons. The lowest BCUT2D eigenvalue weighted by molar-refractivity contribution is 0.0678. The first-order valence-corrected chi connectivity index (χ1v) is 5.92. The summed E-state index contributed by atoms with van der Waals surface area (Å²) >= 11 is 4.81. The molecule has 1 heterocycles. The molecule has 1 fully saturated rings. The molecule has 1 aliphatic heterocycles. The zero-order chi connectivity index (χ0) is 12.3. The Bertz CT molecular complexity index is 419. The van der Waals surface area contributed by atoms with Gasteiger partial charge in [0.05, 0.1) is 11.7 Å². The molecular weight excluding hydrogens is 241 g/mol. The Morgan fingerprint density at radius 1 is 1.59 bits per heavy atom. The number of rotatable bonds is 4. The first-order valence-electron chi connectivity index (χ1n) is 5.51. The van der Waals surface area contributed by atoms with Crippen LogP contribution < -0.4 is 10.5 Å². The molecule has 1 aromatic rings. The van der Waals surface area contributed by atoms with Crippen molar-refractivity contribution >= 4 is 17.2 Å². The second-order valence-electron chi connectivity index (χ2n) is 3.92. The molecule has 0 spiro atoms. The maximum atomic E-state index is 13.5. The fraction of sp³-hybridized carbons (Fsp3) is 0.417. The van der Waals surface area contributed by atoms with Crippen LogP contribution in [0.3, 0.4) is 0 Å². The lowest BCUT2D eigenvalue weighted by Gasteiger charge is -2.14. The topological polar surface area (TPSA) is 44.5 Å². The first kappa shape index (κ1) is 12.3. The van der Waals surface area contributed by atoms with Crippen molar-refractivity contribution in [1.29, 1.82) is 0 Å². The average Bonchev–Trinajstić information content (AvgIpc) is 2.78. The minimum Gasteiger partial charge on any atom is -0.490 e. The number of nitrogens with two attached hydrogens (primary N) is 1. The first-order chi connectivity index (χ1) is 8.18. The zero-order valence-corrected chi connectivity index (χ0v) is 10.1. The summed E-state index contributed by atoms with van der Waals surface area (Å²) in [5.41, 5.74) is 5.65. The van der Waals surface area contributed by atoms with Crippen LogP contribution in [-0.2, 0) is 4.74 Å². The predicted octanol–water partition coefficient (Wildman–Crippen LogP) is 2.02. The Kier molecular flexibility index (Phi) is 3.91. The van der Waals surface area contributed by atoms with Gasteiger partial charge in [-0.15, -0.1) is 0 Å². The third-order valence-corrected chi connectivity index (χ3v) is 2.87. The quantitative estimate of drug-likeness (QED) is 0.836. The van der Waals surface area contributed by atoms with E-state index < -0.39 is 5.82 Å². The molecule has 1 saturated heterocycles. The third kappa shape index (κ3) is 2.92. The summed E-state index contributed by atoms with van der Waals surface area (Å²) in [5, 5.41) is 0. The Labute approximate surface area is 105 Å². The number of hydrogen-bond acceptors (Lipinski definition) is 3. The Morgan fingerprint density at radius 3 is 3.06 bits per heavy atom. The molecule has 3 nitrogen and oxygen atoms in total. The van der Waals surface area contributed by atoms with Gasteiger partial charge in [0.15, 0.2) is 0 Å². The van der Waals surface area contributed by atoms with Gasteiger partial charge in [0.25, 0.3) is 0 Å². The molecule has 0 saturated carbocycles. The van der Waals surface area contributed by atoms with Crippen LogP contribution in [0.2, 0.25) is 0 Å². The lowest BCUT2D eigenvalue weighted by atomic mass is 10.2. The van der Waals surface area contributed by atoms with Crippen molar-refractivity contribution in [2.75, 3.05) is 13.2 Å². The summed E-state index contributed by atoms with van der Waals surface area (Å²) < 4.78 is 24.5. The molecule has 0 aliphatic carbocycles. The minimum absolute atomic E-state index is 0.00504. The summed E-state index contributed by atoms with van der Waals surface area (Å²) in [4.78, 5) is 0.00504. The van der Waals surface area contributed by atoms with Gasteiger partial charge in [-0.3, -0.25) is 0 Å². The molecule has 0 amide bonds. The van der Waals surface area contributed by atoms with Crippen molar-refractivity contribution in [2.24, 2.45) is 5.73 Å². The van der Waals surface area contributed by atoms with Gasteiger partial charge in [0.1, 0.15) is 23.2 Å². The van der Waals surface area contributed by atoms with Crippen molar-refractivity contribution in [2.45, 2.75) is 18.9 Å². The van der Waals surface area contributed by atoms with E-state index >= 15 is 0 Å². The van der Waals surface area contributed by atoms with Gasteiger partial charge in [-0.05, 0) is 25.0 Å². The van der Waals surface area contributed by atoms with Crippen LogP contribution in [0.15, 0.2) is 18.2 Å². The molecule has 2 rings (SSSR count). The minimum atomic E-state index is -0.456. The lowest BCUT2D eigenvalue weighted by Crippen LogP contribution is -2.19. The van der Waals surface area contributed by atoms with Crippen molar-refractivity contribution in [3.8, 4) is 5.75 Å². The number of thiocarbonyl (C=S) groups is 1. The van der Waals surface area contributed by atoms with Crippen molar-refractivity contribution in [1.82, 2.24) is 0 Å². The highest BCUT2D eigenvalue weighted by atomic mass is 32.1. The molecule has 1 aliphatic rings. The van der Waals surface area contributed by atoms with E-state index in [0.717, 1.165) is 19.4 Å². The van der Waals surface area contributed by atoms with E-state index in [1.54, 1.807) is 12.1 Å². The molecule has 0 aromatic heterocycles. The van der Waals surface area contributed by atoms with Crippen molar-refractivity contribution in [3.05, 3.63) is 29.6 Å². The fourth-order valence-electron chi connectivity index (χ4n) is 1.82. The van der Waals surface area contributed by atoms with E-state index in [9.17, 15) is 4.39 Å². The highest BCUT2D eigenvalue weighted by Gasteiger charge is 2.18. The van der Waals surface area contributed by atoms with Crippen LogP contribution in [0.4, 0.5) is 4.39 Å². The Morgan fingerprint density at radius 2 is 2.41 bits per heavy atom. The van der Waals surface area contributed by atoms with Gasteiger partial charge in [0.2, 0.25) is 0 Å². The monoisotopic (exact) mass is 255 g/mol. The molecule has 1 unspecified atom stereocenters. The van der Waals surface area contributed by atoms with Crippen LogP contribution in [0.5, 0.6) is 5.75 Å². The van der Waals surface area contributed by atoms with Crippen LogP contribution in [0, 0.1) is 5.82 Å². The number of benzene rings is 1. The van der Waals surface area contributed by atoms with Crippen LogP contribution in [0.1, 0.15) is 18.4 Å². The SMILES string of the molecule is NC(=S)c1c(F)cccc1OCC1CCCO1. The highest BCUT2D eigenvalue weighted by Crippen LogP contribution is 2.22. The van der Waals surface area contributed by atoms with E-state index in [1.165, 1.54) is 6.07 Å². The van der Waals surface area contributed by atoms with Crippen LogP contribution in [0.25, 0.3) is 0 Å². The molecule has 2 N–H and O–H groups in total. The summed E-state index contributed by atoms with van der Waals surface area (Å²) in [6, 6.07) is 4.54. The van der Waals surface area contributed by atoms with E-state index in [-0.39, 0.29) is 16.7 Å². The molecular formula is C12H14FNO2S. The summed E-state index contributed by atoms with van der Waals surface area (Å²) in [7, 11) is 0. The number of ether oxygens (including phenoxy) is 2. The zero-order valence-electron chi connectivity index (χ0n) is 9.32.